The Morgan fingerprint density at radius 2 is 2.11 bits per heavy atom. The van der Waals surface area contributed by atoms with Crippen molar-refractivity contribution in [2.75, 3.05) is 12.5 Å². The van der Waals surface area contributed by atoms with Gasteiger partial charge in [0.25, 0.3) is 5.56 Å². The van der Waals surface area contributed by atoms with E-state index in [1.165, 1.54) is 6.07 Å². The van der Waals surface area contributed by atoms with Crippen LogP contribution in [-0.2, 0) is 0 Å². The quantitative estimate of drug-likeness (QED) is 0.644. The monoisotopic (exact) mass is 258 g/mol. The number of hydrazone groups is 1. The van der Waals surface area contributed by atoms with Crippen LogP contribution in [0, 0.1) is 6.92 Å². The van der Waals surface area contributed by atoms with Crippen LogP contribution in [-0.4, -0.2) is 23.3 Å². The molecule has 0 radical (unpaired) electrons. The lowest BCUT2D eigenvalue weighted by Gasteiger charge is -2.00. The molecule has 1 aromatic heterocycles. The summed E-state index contributed by atoms with van der Waals surface area (Å²) in [5, 5.41) is 4.00. The number of ether oxygens (including phenoxy) is 1. The zero-order chi connectivity index (χ0) is 13.7. The summed E-state index contributed by atoms with van der Waals surface area (Å²) in [6.45, 7) is 1.74. The lowest BCUT2D eigenvalue weighted by atomic mass is 10.2. The number of anilines is 1. The fraction of sp³-hybridized carbons (Fsp3) is 0.154. The highest BCUT2D eigenvalue weighted by Crippen LogP contribution is 2.09. The number of H-pyrrole nitrogens is 1. The number of aryl methyl sites for hydroxylation is 1. The molecule has 2 N–H and O–H groups in total. The number of aromatic amines is 1. The van der Waals surface area contributed by atoms with Gasteiger partial charge in [0.2, 0.25) is 5.95 Å². The van der Waals surface area contributed by atoms with E-state index in [0.717, 1.165) is 11.3 Å². The van der Waals surface area contributed by atoms with E-state index in [9.17, 15) is 4.79 Å². The summed E-state index contributed by atoms with van der Waals surface area (Å²) in [4.78, 5) is 17.8. The van der Waals surface area contributed by atoms with Gasteiger partial charge in [-0.1, -0.05) is 0 Å². The Morgan fingerprint density at radius 1 is 1.37 bits per heavy atom. The average molecular weight is 258 g/mol. The molecule has 19 heavy (non-hydrogen) atoms. The highest BCUT2D eigenvalue weighted by molar-refractivity contribution is 5.80. The van der Waals surface area contributed by atoms with E-state index in [2.05, 4.69) is 20.5 Å². The Hall–Kier alpha value is -2.63. The topological polar surface area (TPSA) is 79.4 Å². The summed E-state index contributed by atoms with van der Waals surface area (Å²) >= 11 is 0. The van der Waals surface area contributed by atoms with Crippen molar-refractivity contribution in [2.45, 2.75) is 6.92 Å². The van der Waals surface area contributed by atoms with Crippen molar-refractivity contribution < 1.29 is 4.74 Å². The molecule has 2 aromatic rings. The van der Waals surface area contributed by atoms with E-state index in [1.54, 1.807) is 20.2 Å². The number of methoxy groups -OCH3 is 1. The molecule has 0 spiro atoms. The molecule has 0 bridgehead atoms. The second-order valence-corrected chi connectivity index (χ2v) is 3.88. The van der Waals surface area contributed by atoms with E-state index in [4.69, 9.17) is 4.74 Å². The van der Waals surface area contributed by atoms with Crippen molar-refractivity contribution >= 4 is 12.2 Å². The van der Waals surface area contributed by atoms with Gasteiger partial charge < -0.3 is 4.74 Å². The third kappa shape index (κ3) is 3.67. The largest absolute Gasteiger partial charge is 0.497 e. The maximum absolute atomic E-state index is 11.2. The fourth-order valence-electron chi connectivity index (χ4n) is 1.49. The maximum atomic E-state index is 11.2. The van der Waals surface area contributed by atoms with Crippen LogP contribution >= 0.6 is 0 Å². The molecule has 0 aliphatic heterocycles. The minimum atomic E-state index is -0.213. The molecule has 0 saturated heterocycles. The molecule has 1 aromatic carbocycles. The summed E-state index contributed by atoms with van der Waals surface area (Å²) in [5.74, 6) is 1.10. The molecule has 0 atom stereocenters. The van der Waals surface area contributed by atoms with Crippen molar-refractivity contribution in [1.29, 1.82) is 0 Å². The third-order valence-electron chi connectivity index (χ3n) is 2.37. The number of rotatable bonds is 4. The lowest BCUT2D eigenvalue weighted by molar-refractivity contribution is 0.415. The van der Waals surface area contributed by atoms with Crippen LogP contribution in [0.3, 0.4) is 0 Å². The van der Waals surface area contributed by atoms with E-state index in [1.807, 2.05) is 24.3 Å². The molecule has 0 unspecified atom stereocenters. The summed E-state index contributed by atoms with van der Waals surface area (Å²) < 4.78 is 5.06. The van der Waals surface area contributed by atoms with Crippen molar-refractivity contribution in [2.24, 2.45) is 5.10 Å². The van der Waals surface area contributed by atoms with Gasteiger partial charge in [-0.05, 0) is 36.8 Å². The molecule has 98 valence electrons. The summed E-state index contributed by atoms with van der Waals surface area (Å²) in [5.41, 5.74) is 4.00. The first-order valence-electron chi connectivity index (χ1n) is 5.68. The van der Waals surface area contributed by atoms with Gasteiger partial charge in [0.05, 0.1) is 13.3 Å². The predicted molar refractivity (Wildman–Crippen MR) is 73.8 cm³/mol. The third-order valence-corrected chi connectivity index (χ3v) is 2.37. The van der Waals surface area contributed by atoms with Crippen LogP contribution < -0.4 is 15.7 Å². The first-order valence-corrected chi connectivity index (χ1v) is 5.68. The maximum Gasteiger partial charge on any atom is 0.252 e. The Kier molecular flexibility index (Phi) is 3.92. The minimum absolute atomic E-state index is 0.213. The Balaban J connectivity index is 2.04. The van der Waals surface area contributed by atoms with Gasteiger partial charge in [0.15, 0.2) is 0 Å². The minimum Gasteiger partial charge on any atom is -0.497 e. The van der Waals surface area contributed by atoms with Crippen molar-refractivity contribution in [3.8, 4) is 5.75 Å². The van der Waals surface area contributed by atoms with E-state index >= 15 is 0 Å². The van der Waals surface area contributed by atoms with Crippen LogP contribution in [0.2, 0.25) is 0 Å². The predicted octanol–water partition coefficient (Wildman–Crippen LogP) is 1.53. The standard InChI is InChI=1S/C13H14N4O2/c1-9-7-12(18)16-13(15-9)17-14-8-10-3-5-11(19-2)6-4-10/h3-8H,1-2H3,(H2,15,16,17,18)/b14-8-. The second kappa shape index (κ2) is 5.81. The first kappa shape index (κ1) is 12.8. The number of nitrogens with zero attached hydrogens (tertiary/aromatic N) is 2. The van der Waals surface area contributed by atoms with Crippen molar-refractivity contribution in [3.63, 3.8) is 0 Å². The molecule has 1 heterocycles. The van der Waals surface area contributed by atoms with Gasteiger partial charge in [0.1, 0.15) is 5.75 Å². The van der Waals surface area contributed by atoms with Crippen molar-refractivity contribution in [1.82, 2.24) is 9.97 Å². The number of aromatic nitrogens is 2. The van der Waals surface area contributed by atoms with E-state index in [0.29, 0.717) is 11.6 Å². The highest BCUT2D eigenvalue weighted by Gasteiger charge is 1.95. The molecular weight excluding hydrogens is 244 g/mol. The summed E-state index contributed by atoms with van der Waals surface area (Å²) in [6.07, 6.45) is 1.63. The second-order valence-electron chi connectivity index (χ2n) is 3.88. The summed E-state index contributed by atoms with van der Waals surface area (Å²) in [6, 6.07) is 8.84. The van der Waals surface area contributed by atoms with Gasteiger partial charge in [0, 0.05) is 11.8 Å². The molecule has 0 amide bonds. The molecule has 6 heteroatoms. The lowest BCUT2D eigenvalue weighted by Crippen LogP contribution is -2.10. The SMILES string of the molecule is COc1ccc(/C=N\Nc2nc(C)cc(=O)[nH]2)cc1. The normalized spacial score (nSPS) is 10.6. The van der Waals surface area contributed by atoms with Gasteiger partial charge >= 0.3 is 0 Å². The Morgan fingerprint density at radius 3 is 2.74 bits per heavy atom. The first-order chi connectivity index (χ1) is 9.17. The van der Waals surface area contributed by atoms with Crippen molar-refractivity contribution in [3.05, 3.63) is 51.9 Å². The van der Waals surface area contributed by atoms with Gasteiger partial charge in [-0.15, -0.1) is 0 Å². The smallest absolute Gasteiger partial charge is 0.252 e. The molecule has 0 aliphatic carbocycles. The molecule has 0 aliphatic rings. The number of hydrogen-bond acceptors (Lipinski definition) is 5. The zero-order valence-electron chi connectivity index (χ0n) is 10.7. The average Bonchev–Trinajstić information content (AvgIpc) is 2.38. The van der Waals surface area contributed by atoms with Crippen LogP contribution in [0.1, 0.15) is 11.3 Å². The molecule has 2 rings (SSSR count). The number of benzene rings is 1. The van der Waals surface area contributed by atoms with Crippen LogP contribution in [0.4, 0.5) is 5.95 Å². The van der Waals surface area contributed by atoms with Crippen LogP contribution in [0.15, 0.2) is 40.2 Å². The van der Waals surface area contributed by atoms with Crippen LogP contribution in [0.25, 0.3) is 0 Å². The van der Waals surface area contributed by atoms with Gasteiger partial charge in [-0.25, -0.2) is 10.4 Å². The number of hydrogen-bond donors (Lipinski definition) is 2. The number of nitrogens with one attached hydrogen (secondary N) is 2. The van der Waals surface area contributed by atoms with E-state index in [-0.39, 0.29) is 5.56 Å². The zero-order valence-corrected chi connectivity index (χ0v) is 10.7. The van der Waals surface area contributed by atoms with Gasteiger partial charge in [-0.2, -0.15) is 5.10 Å². The fourth-order valence-corrected chi connectivity index (χ4v) is 1.49. The Bertz CT molecular complexity index is 632. The van der Waals surface area contributed by atoms with Gasteiger partial charge in [-0.3, -0.25) is 9.78 Å². The highest BCUT2D eigenvalue weighted by atomic mass is 16.5. The summed E-state index contributed by atoms with van der Waals surface area (Å²) in [7, 11) is 1.62. The molecule has 0 fully saturated rings. The van der Waals surface area contributed by atoms with E-state index < -0.39 is 0 Å². The molecule has 0 saturated carbocycles. The Labute approximate surface area is 110 Å². The molecular formula is C13H14N4O2. The van der Waals surface area contributed by atoms with Crippen LogP contribution in [0.5, 0.6) is 5.75 Å². The molecule has 6 nitrogen and oxygen atoms in total.